The lowest BCUT2D eigenvalue weighted by molar-refractivity contribution is -0.149. The van der Waals surface area contributed by atoms with Crippen LogP contribution in [0, 0.1) is 6.92 Å². The molecule has 1 unspecified atom stereocenters. The summed E-state index contributed by atoms with van der Waals surface area (Å²) in [5.74, 6) is -0.356. The van der Waals surface area contributed by atoms with Crippen molar-refractivity contribution in [2.45, 2.75) is 45.1 Å². The summed E-state index contributed by atoms with van der Waals surface area (Å²) in [6, 6.07) is 7.37. The first-order chi connectivity index (χ1) is 10.1. The molecule has 0 bridgehead atoms. The molecule has 0 saturated carbocycles. The number of aryl methyl sites for hydroxylation is 1. The van der Waals surface area contributed by atoms with Crippen LogP contribution in [0.1, 0.15) is 48.0 Å². The number of carbonyl (C=O) groups excluding carboxylic acids is 2. The van der Waals surface area contributed by atoms with E-state index >= 15 is 0 Å². The number of hydrogen-bond acceptors (Lipinski definition) is 4. The first-order valence-electron chi connectivity index (χ1n) is 7.52. The lowest BCUT2D eigenvalue weighted by atomic mass is 10.1. The van der Waals surface area contributed by atoms with Gasteiger partial charge in [0.05, 0.1) is 12.5 Å². The fourth-order valence-corrected chi connectivity index (χ4v) is 2.30. The van der Waals surface area contributed by atoms with Gasteiger partial charge in [0.2, 0.25) is 0 Å². The summed E-state index contributed by atoms with van der Waals surface area (Å²) < 4.78 is 10.7. The lowest BCUT2D eigenvalue weighted by Crippen LogP contribution is -2.26. The molecule has 1 aromatic carbocycles. The maximum atomic E-state index is 11.9. The van der Waals surface area contributed by atoms with Crippen molar-refractivity contribution in [2.24, 2.45) is 0 Å². The third-order valence-electron chi connectivity index (χ3n) is 3.63. The molecule has 0 radical (unpaired) electrons. The zero-order chi connectivity index (χ0) is 15.1. The molecule has 2 rings (SSSR count). The molecular formula is C17H22O4. The van der Waals surface area contributed by atoms with Crippen molar-refractivity contribution in [1.29, 1.82) is 0 Å². The van der Waals surface area contributed by atoms with Crippen LogP contribution in [0.2, 0.25) is 0 Å². The number of carbonyl (C=O) groups is 2. The molecule has 1 aromatic rings. The lowest BCUT2D eigenvalue weighted by Gasteiger charge is -2.22. The zero-order valence-electron chi connectivity index (χ0n) is 12.5. The van der Waals surface area contributed by atoms with Crippen LogP contribution in [-0.4, -0.2) is 31.1 Å². The van der Waals surface area contributed by atoms with Crippen LogP contribution >= 0.6 is 0 Å². The Balaban J connectivity index is 1.68. The Morgan fingerprint density at radius 1 is 1.19 bits per heavy atom. The average molecular weight is 290 g/mol. The standard InChI is InChI=1S/C17H22O4/c1-13-5-7-14(8-6-13)16(18)9-10-17(19)21-12-15-4-2-3-11-20-15/h5-8,15H,2-4,9-12H2,1H3. The number of ketones is 1. The van der Waals surface area contributed by atoms with Crippen LogP contribution in [0.5, 0.6) is 0 Å². The number of ether oxygens (including phenoxy) is 2. The number of esters is 1. The summed E-state index contributed by atoms with van der Waals surface area (Å²) in [6.45, 7) is 3.02. The van der Waals surface area contributed by atoms with E-state index in [0.717, 1.165) is 31.4 Å². The molecule has 0 aliphatic carbocycles. The number of rotatable bonds is 6. The van der Waals surface area contributed by atoms with Crippen molar-refractivity contribution < 1.29 is 19.1 Å². The van der Waals surface area contributed by atoms with Crippen LogP contribution in [0.3, 0.4) is 0 Å². The highest BCUT2D eigenvalue weighted by molar-refractivity contribution is 5.97. The van der Waals surface area contributed by atoms with Crippen molar-refractivity contribution in [2.75, 3.05) is 13.2 Å². The summed E-state index contributed by atoms with van der Waals surface area (Å²) in [6.07, 6.45) is 3.47. The molecule has 21 heavy (non-hydrogen) atoms. The predicted molar refractivity (Wildman–Crippen MR) is 79.3 cm³/mol. The Morgan fingerprint density at radius 2 is 1.95 bits per heavy atom. The quantitative estimate of drug-likeness (QED) is 0.597. The fraction of sp³-hybridized carbons (Fsp3) is 0.529. The molecule has 1 aliphatic heterocycles. The van der Waals surface area contributed by atoms with Crippen molar-refractivity contribution in [3.8, 4) is 0 Å². The van der Waals surface area contributed by atoms with Crippen LogP contribution in [0.4, 0.5) is 0 Å². The highest BCUT2D eigenvalue weighted by Crippen LogP contribution is 2.13. The van der Waals surface area contributed by atoms with Crippen LogP contribution < -0.4 is 0 Å². The summed E-state index contributed by atoms with van der Waals surface area (Å²) in [5, 5.41) is 0. The van der Waals surface area contributed by atoms with Gasteiger partial charge in [-0.15, -0.1) is 0 Å². The summed E-state index contributed by atoms with van der Waals surface area (Å²) in [5.41, 5.74) is 1.75. The highest BCUT2D eigenvalue weighted by Gasteiger charge is 2.16. The first kappa shape index (κ1) is 15.7. The van der Waals surface area contributed by atoms with Gasteiger partial charge in [0.25, 0.3) is 0 Å². The van der Waals surface area contributed by atoms with Gasteiger partial charge < -0.3 is 9.47 Å². The molecule has 0 amide bonds. The first-order valence-corrected chi connectivity index (χ1v) is 7.52. The summed E-state index contributed by atoms with van der Waals surface area (Å²) >= 11 is 0. The van der Waals surface area contributed by atoms with E-state index in [2.05, 4.69) is 0 Å². The topological polar surface area (TPSA) is 52.6 Å². The van der Waals surface area contributed by atoms with E-state index in [1.165, 1.54) is 0 Å². The minimum atomic E-state index is -0.329. The molecule has 1 fully saturated rings. The minimum absolute atomic E-state index is 0.0236. The molecule has 1 saturated heterocycles. The maximum Gasteiger partial charge on any atom is 0.306 e. The molecule has 0 aromatic heterocycles. The summed E-state index contributed by atoms with van der Waals surface area (Å²) in [4.78, 5) is 23.6. The van der Waals surface area contributed by atoms with E-state index in [4.69, 9.17) is 9.47 Å². The maximum absolute atomic E-state index is 11.9. The van der Waals surface area contributed by atoms with Crippen molar-refractivity contribution in [3.63, 3.8) is 0 Å². The van der Waals surface area contributed by atoms with E-state index in [1.54, 1.807) is 12.1 Å². The Morgan fingerprint density at radius 3 is 2.62 bits per heavy atom. The van der Waals surface area contributed by atoms with Gasteiger partial charge in [0, 0.05) is 18.6 Å². The normalized spacial score (nSPS) is 18.2. The van der Waals surface area contributed by atoms with Gasteiger partial charge in [-0.25, -0.2) is 0 Å². The Labute approximate surface area is 125 Å². The monoisotopic (exact) mass is 290 g/mol. The van der Waals surface area contributed by atoms with Crippen molar-refractivity contribution >= 4 is 11.8 Å². The largest absolute Gasteiger partial charge is 0.463 e. The molecular weight excluding hydrogens is 268 g/mol. The van der Waals surface area contributed by atoms with Crippen LogP contribution in [0.15, 0.2) is 24.3 Å². The van der Waals surface area contributed by atoms with E-state index < -0.39 is 0 Å². The van der Waals surface area contributed by atoms with Gasteiger partial charge in [-0.1, -0.05) is 29.8 Å². The molecule has 4 nitrogen and oxygen atoms in total. The highest BCUT2D eigenvalue weighted by atomic mass is 16.6. The summed E-state index contributed by atoms with van der Waals surface area (Å²) in [7, 11) is 0. The van der Waals surface area contributed by atoms with E-state index in [-0.39, 0.29) is 30.7 Å². The molecule has 1 atom stereocenters. The molecule has 1 heterocycles. The molecule has 114 valence electrons. The SMILES string of the molecule is Cc1ccc(C(=O)CCC(=O)OCC2CCCCO2)cc1. The van der Waals surface area contributed by atoms with Gasteiger partial charge in [-0.2, -0.15) is 0 Å². The Kier molecular flexibility index (Phi) is 5.93. The fourth-order valence-electron chi connectivity index (χ4n) is 2.30. The molecule has 4 heteroatoms. The van der Waals surface area contributed by atoms with Gasteiger partial charge in [-0.05, 0) is 26.2 Å². The third-order valence-corrected chi connectivity index (χ3v) is 3.63. The average Bonchev–Trinajstić information content (AvgIpc) is 2.52. The molecule has 1 aliphatic rings. The second kappa shape index (κ2) is 7.93. The molecule has 0 N–H and O–H groups in total. The van der Waals surface area contributed by atoms with E-state index in [9.17, 15) is 9.59 Å². The third kappa shape index (κ3) is 5.31. The van der Waals surface area contributed by atoms with Gasteiger partial charge in [-0.3, -0.25) is 9.59 Å². The van der Waals surface area contributed by atoms with Gasteiger partial charge in [0.15, 0.2) is 5.78 Å². The minimum Gasteiger partial charge on any atom is -0.463 e. The number of benzene rings is 1. The molecule has 0 spiro atoms. The van der Waals surface area contributed by atoms with Crippen LogP contribution in [0.25, 0.3) is 0 Å². The van der Waals surface area contributed by atoms with Gasteiger partial charge in [0.1, 0.15) is 6.61 Å². The van der Waals surface area contributed by atoms with Crippen molar-refractivity contribution in [1.82, 2.24) is 0 Å². The van der Waals surface area contributed by atoms with Crippen molar-refractivity contribution in [3.05, 3.63) is 35.4 Å². The number of Topliss-reactive ketones (excluding diaryl/α,β-unsaturated/α-hetero) is 1. The van der Waals surface area contributed by atoms with Crippen LogP contribution in [-0.2, 0) is 14.3 Å². The zero-order valence-corrected chi connectivity index (χ0v) is 12.5. The second-order valence-corrected chi connectivity index (χ2v) is 5.46. The Bertz CT molecular complexity index is 472. The second-order valence-electron chi connectivity index (χ2n) is 5.46. The number of hydrogen-bond donors (Lipinski definition) is 0. The van der Waals surface area contributed by atoms with E-state index in [0.29, 0.717) is 12.2 Å². The smallest absolute Gasteiger partial charge is 0.306 e. The predicted octanol–water partition coefficient (Wildman–Crippen LogP) is 3.07. The van der Waals surface area contributed by atoms with E-state index in [1.807, 2.05) is 19.1 Å². The van der Waals surface area contributed by atoms with Gasteiger partial charge >= 0.3 is 5.97 Å². The Hall–Kier alpha value is -1.68.